The predicted octanol–water partition coefficient (Wildman–Crippen LogP) is 2.83. The molecule has 1 unspecified atom stereocenters. The number of hydrogen-bond donors (Lipinski definition) is 1. The van der Waals surface area contributed by atoms with Gasteiger partial charge < -0.3 is 10.1 Å². The maximum absolute atomic E-state index is 11.8. The second-order valence-electron chi connectivity index (χ2n) is 5.21. The molecule has 0 saturated heterocycles. The van der Waals surface area contributed by atoms with E-state index >= 15 is 0 Å². The van der Waals surface area contributed by atoms with Crippen molar-refractivity contribution < 1.29 is 13.5 Å². The van der Waals surface area contributed by atoms with Gasteiger partial charge in [0.15, 0.2) is 0 Å². The molecule has 0 aromatic rings. The van der Waals surface area contributed by atoms with Gasteiger partial charge in [-0.3, -0.25) is 0 Å². The van der Waals surface area contributed by atoms with Crippen LogP contribution in [0.3, 0.4) is 0 Å². The van der Waals surface area contributed by atoms with Crippen molar-refractivity contribution in [1.82, 2.24) is 5.32 Å². The van der Waals surface area contributed by atoms with Crippen LogP contribution in [0.25, 0.3) is 0 Å². The van der Waals surface area contributed by atoms with E-state index in [4.69, 9.17) is 4.74 Å². The lowest BCUT2D eigenvalue weighted by molar-refractivity contribution is 0.0163. The lowest BCUT2D eigenvalue weighted by Gasteiger charge is -2.39. The highest BCUT2D eigenvalue weighted by molar-refractivity contribution is 4.87. The van der Waals surface area contributed by atoms with Gasteiger partial charge in [-0.1, -0.05) is 26.7 Å². The first-order chi connectivity index (χ1) is 7.52. The summed E-state index contributed by atoms with van der Waals surface area (Å²) in [7, 11) is 0. The number of nitrogens with one attached hydrogen (secondary N) is 1. The van der Waals surface area contributed by atoms with Crippen molar-refractivity contribution in [1.29, 1.82) is 0 Å². The minimum atomic E-state index is -2.36. The molecule has 4 heteroatoms. The third-order valence-electron chi connectivity index (χ3n) is 3.39. The SMILES string of the molecule is CC1(C)CCCCC1NCCOCC(F)F. The molecule has 2 nitrogen and oxygen atoms in total. The summed E-state index contributed by atoms with van der Waals surface area (Å²) in [5, 5.41) is 3.42. The average Bonchev–Trinajstić information content (AvgIpc) is 2.19. The average molecular weight is 235 g/mol. The van der Waals surface area contributed by atoms with Crippen molar-refractivity contribution in [2.75, 3.05) is 19.8 Å². The molecule has 0 radical (unpaired) electrons. The third-order valence-corrected chi connectivity index (χ3v) is 3.39. The monoisotopic (exact) mass is 235 g/mol. The van der Waals surface area contributed by atoms with Gasteiger partial charge in [0.2, 0.25) is 0 Å². The second kappa shape index (κ2) is 6.50. The summed E-state index contributed by atoms with van der Waals surface area (Å²) in [4.78, 5) is 0. The molecule has 1 atom stereocenters. The second-order valence-corrected chi connectivity index (χ2v) is 5.21. The van der Waals surface area contributed by atoms with E-state index in [9.17, 15) is 8.78 Å². The molecule has 1 aliphatic carbocycles. The van der Waals surface area contributed by atoms with E-state index in [0.717, 1.165) is 0 Å². The largest absolute Gasteiger partial charge is 0.374 e. The van der Waals surface area contributed by atoms with Crippen molar-refractivity contribution in [2.45, 2.75) is 52.0 Å². The number of rotatable bonds is 6. The number of hydrogen-bond acceptors (Lipinski definition) is 2. The van der Waals surface area contributed by atoms with Crippen LogP contribution in [0, 0.1) is 5.41 Å². The molecular formula is C12H23F2NO. The Morgan fingerprint density at radius 3 is 2.75 bits per heavy atom. The molecule has 0 heterocycles. The first-order valence-corrected chi connectivity index (χ1v) is 6.11. The maximum Gasteiger partial charge on any atom is 0.261 e. The van der Waals surface area contributed by atoms with E-state index in [-0.39, 0.29) is 0 Å². The minimum Gasteiger partial charge on any atom is -0.374 e. The molecule has 0 aliphatic heterocycles. The van der Waals surface area contributed by atoms with Crippen LogP contribution in [-0.2, 0) is 4.74 Å². The highest BCUT2D eigenvalue weighted by Crippen LogP contribution is 2.35. The lowest BCUT2D eigenvalue weighted by Crippen LogP contribution is -2.45. The summed E-state index contributed by atoms with van der Waals surface area (Å²) in [5.74, 6) is 0. The molecule has 0 aromatic heterocycles. The molecule has 0 bridgehead atoms. The highest BCUT2D eigenvalue weighted by atomic mass is 19.3. The molecule has 96 valence electrons. The Hall–Kier alpha value is -0.220. The normalized spacial score (nSPS) is 24.9. The van der Waals surface area contributed by atoms with E-state index in [0.29, 0.717) is 24.6 Å². The number of ether oxygens (including phenoxy) is 1. The van der Waals surface area contributed by atoms with Crippen molar-refractivity contribution in [2.24, 2.45) is 5.41 Å². The van der Waals surface area contributed by atoms with Gasteiger partial charge in [-0.2, -0.15) is 0 Å². The molecular weight excluding hydrogens is 212 g/mol. The van der Waals surface area contributed by atoms with Gasteiger partial charge in [0.25, 0.3) is 6.43 Å². The molecule has 0 amide bonds. The van der Waals surface area contributed by atoms with Crippen LogP contribution >= 0.6 is 0 Å². The molecule has 1 N–H and O–H groups in total. The molecule has 0 aromatic carbocycles. The zero-order valence-electron chi connectivity index (χ0n) is 10.3. The zero-order chi connectivity index (χ0) is 12.0. The Bertz CT molecular complexity index is 197. The predicted molar refractivity (Wildman–Crippen MR) is 60.9 cm³/mol. The third kappa shape index (κ3) is 4.74. The van der Waals surface area contributed by atoms with Crippen LogP contribution in [0.5, 0.6) is 0 Å². The molecule has 1 aliphatic rings. The summed E-state index contributed by atoms with van der Waals surface area (Å²) >= 11 is 0. The maximum atomic E-state index is 11.8. The summed E-state index contributed by atoms with van der Waals surface area (Å²) in [5.41, 5.74) is 0.320. The minimum absolute atomic E-state index is 0.320. The number of alkyl halides is 2. The summed E-state index contributed by atoms with van der Waals surface area (Å²) in [6, 6.07) is 0.497. The van der Waals surface area contributed by atoms with E-state index in [1.165, 1.54) is 25.7 Å². The van der Waals surface area contributed by atoms with Crippen LogP contribution in [0.1, 0.15) is 39.5 Å². The Balaban J connectivity index is 2.11. The van der Waals surface area contributed by atoms with Crippen LogP contribution in [0.15, 0.2) is 0 Å². The van der Waals surface area contributed by atoms with Crippen molar-refractivity contribution in [3.63, 3.8) is 0 Å². The van der Waals surface area contributed by atoms with Gasteiger partial charge in [0.05, 0.1) is 6.61 Å². The number of halogens is 2. The fourth-order valence-electron chi connectivity index (χ4n) is 2.35. The molecule has 1 saturated carbocycles. The van der Waals surface area contributed by atoms with Crippen LogP contribution in [0.4, 0.5) is 8.78 Å². The van der Waals surface area contributed by atoms with Crippen molar-refractivity contribution in [3.8, 4) is 0 Å². The molecule has 1 fully saturated rings. The van der Waals surface area contributed by atoms with Gasteiger partial charge >= 0.3 is 0 Å². The van der Waals surface area contributed by atoms with Gasteiger partial charge in [0.1, 0.15) is 6.61 Å². The Labute approximate surface area is 96.7 Å². The summed E-state index contributed by atoms with van der Waals surface area (Å²) in [6.07, 6.45) is 2.63. The molecule has 16 heavy (non-hydrogen) atoms. The quantitative estimate of drug-likeness (QED) is 0.715. The Morgan fingerprint density at radius 2 is 2.12 bits per heavy atom. The van der Waals surface area contributed by atoms with Gasteiger partial charge in [-0.05, 0) is 18.3 Å². The first kappa shape index (κ1) is 13.8. The summed E-state index contributed by atoms with van der Waals surface area (Å²) < 4.78 is 28.4. The van der Waals surface area contributed by atoms with Crippen LogP contribution < -0.4 is 5.32 Å². The van der Waals surface area contributed by atoms with E-state index in [1.54, 1.807) is 0 Å². The highest BCUT2D eigenvalue weighted by Gasteiger charge is 2.31. The van der Waals surface area contributed by atoms with E-state index in [1.807, 2.05) is 0 Å². The zero-order valence-corrected chi connectivity index (χ0v) is 10.3. The Kier molecular flexibility index (Phi) is 5.62. The van der Waals surface area contributed by atoms with Crippen LogP contribution in [-0.4, -0.2) is 32.2 Å². The topological polar surface area (TPSA) is 21.3 Å². The van der Waals surface area contributed by atoms with Crippen molar-refractivity contribution in [3.05, 3.63) is 0 Å². The van der Waals surface area contributed by atoms with Gasteiger partial charge in [-0.15, -0.1) is 0 Å². The summed E-state index contributed by atoms with van der Waals surface area (Å²) in [6.45, 7) is 5.13. The molecule has 0 spiro atoms. The first-order valence-electron chi connectivity index (χ1n) is 6.11. The fourth-order valence-corrected chi connectivity index (χ4v) is 2.35. The molecule has 1 rings (SSSR count). The standard InChI is InChI=1S/C12H23F2NO/c1-12(2)6-4-3-5-10(12)15-7-8-16-9-11(13)14/h10-11,15H,3-9H2,1-2H3. The van der Waals surface area contributed by atoms with E-state index in [2.05, 4.69) is 19.2 Å². The smallest absolute Gasteiger partial charge is 0.261 e. The van der Waals surface area contributed by atoms with Gasteiger partial charge in [0, 0.05) is 12.6 Å². The fraction of sp³-hybridized carbons (Fsp3) is 1.00. The Morgan fingerprint density at radius 1 is 1.38 bits per heavy atom. The lowest BCUT2D eigenvalue weighted by atomic mass is 9.73. The van der Waals surface area contributed by atoms with Crippen LogP contribution in [0.2, 0.25) is 0 Å². The van der Waals surface area contributed by atoms with Gasteiger partial charge in [-0.25, -0.2) is 8.78 Å². The van der Waals surface area contributed by atoms with Crippen molar-refractivity contribution >= 4 is 0 Å². The van der Waals surface area contributed by atoms with E-state index < -0.39 is 13.0 Å².